The zero-order valence-electron chi connectivity index (χ0n) is 14.5. The standard InChI is InChI=1S/C19H19NO6/c1-24-11-9-20-16(12-5-7-13(25-2)8-6-12)15(18(22)19(20)23)17(21)14-4-3-10-26-14/h3-8,10,16,22H,9,11H2,1-2H3/t16-/m0/s1. The van der Waals surface area contributed by atoms with Crippen LogP contribution in [-0.2, 0) is 9.53 Å². The lowest BCUT2D eigenvalue weighted by atomic mass is 9.95. The molecular formula is C19H19NO6. The lowest BCUT2D eigenvalue weighted by Crippen LogP contribution is -2.33. The summed E-state index contributed by atoms with van der Waals surface area (Å²) in [5, 5.41) is 10.4. The Bertz CT molecular complexity index is 822. The third kappa shape index (κ3) is 3.09. The van der Waals surface area contributed by atoms with Crippen molar-refractivity contribution in [3.63, 3.8) is 0 Å². The minimum atomic E-state index is -0.735. The highest BCUT2D eigenvalue weighted by molar-refractivity contribution is 6.15. The number of hydrogen-bond acceptors (Lipinski definition) is 6. The Labute approximate surface area is 150 Å². The molecule has 1 aliphatic rings. The highest BCUT2D eigenvalue weighted by Crippen LogP contribution is 2.39. The van der Waals surface area contributed by atoms with Crippen LogP contribution in [0.3, 0.4) is 0 Å². The van der Waals surface area contributed by atoms with Gasteiger partial charge in [0.2, 0.25) is 5.78 Å². The van der Waals surface area contributed by atoms with Gasteiger partial charge >= 0.3 is 0 Å². The second-order valence-corrected chi connectivity index (χ2v) is 5.74. The lowest BCUT2D eigenvalue weighted by molar-refractivity contribution is -0.130. The molecule has 26 heavy (non-hydrogen) atoms. The molecule has 2 aromatic rings. The van der Waals surface area contributed by atoms with Crippen LogP contribution in [-0.4, -0.2) is 49.1 Å². The number of benzene rings is 1. The van der Waals surface area contributed by atoms with Crippen molar-refractivity contribution < 1.29 is 28.6 Å². The number of nitrogens with zero attached hydrogens (tertiary/aromatic N) is 1. The highest BCUT2D eigenvalue weighted by Gasteiger charge is 2.44. The van der Waals surface area contributed by atoms with E-state index in [9.17, 15) is 14.7 Å². The first-order chi connectivity index (χ1) is 12.6. The molecule has 7 nitrogen and oxygen atoms in total. The van der Waals surface area contributed by atoms with E-state index in [1.165, 1.54) is 24.3 Å². The summed E-state index contributed by atoms with van der Waals surface area (Å²) in [6.45, 7) is 0.499. The minimum Gasteiger partial charge on any atom is -0.503 e. The number of ketones is 1. The predicted octanol–water partition coefficient (Wildman–Crippen LogP) is 2.51. The number of carbonyl (C=O) groups is 2. The average Bonchev–Trinajstić information content (AvgIpc) is 3.28. The third-order valence-electron chi connectivity index (χ3n) is 4.26. The molecule has 0 radical (unpaired) electrons. The molecule has 0 spiro atoms. The van der Waals surface area contributed by atoms with Gasteiger partial charge in [-0.05, 0) is 29.8 Å². The Hall–Kier alpha value is -3.06. The molecule has 7 heteroatoms. The van der Waals surface area contributed by atoms with Crippen molar-refractivity contribution in [3.8, 4) is 5.75 Å². The molecule has 1 aromatic heterocycles. The van der Waals surface area contributed by atoms with Gasteiger partial charge in [-0.2, -0.15) is 0 Å². The maximum Gasteiger partial charge on any atom is 0.290 e. The number of aliphatic hydroxyl groups is 1. The van der Waals surface area contributed by atoms with Gasteiger partial charge in [0.05, 0.1) is 31.6 Å². The van der Waals surface area contributed by atoms with E-state index in [4.69, 9.17) is 13.9 Å². The lowest BCUT2D eigenvalue weighted by Gasteiger charge is -2.26. The zero-order chi connectivity index (χ0) is 18.7. The van der Waals surface area contributed by atoms with Gasteiger partial charge in [0.15, 0.2) is 11.5 Å². The minimum absolute atomic E-state index is 0.00813. The van der Waals surface area contributed by atoms with E-state index < -0.39 is 23.5 Å². The molecule has 136 valence electrons. The van der Waals surface area contributed by atoms with E-state index in [1.54, 1.807) is 37.4 Å². The van der Waals surface area contributed by atoms with Crippen molar-refractivity contribution in [2.24, 2.45) is 0 Å². The number of rotatable bonds is 7. The molecule has 1 aromatic carbocycles. The van der Waals surface area contributed by atoms with Gasteiger partial charge < -0.3 is 23.9 Å². The molecule has 0 fully saturated rings. The smallest absolute Gasteiger partial charge is 0.290 e. The first-order valence-corrected chi connectivity index (χ1v) is 8.03. The molecular weight excluding hydrogens is 338 g/mol. The molecule has 0 saturated carbocycles. The Morgan fingerprint density at radius 2 is 1.96 bits per heavy atom. The topological polar surface area (TPSA) is 89.2 Å². The summed E-state index contributed by atoms with van der Waals surface area (Å²) in [7, 11) is 3.07. The zero-order valence-corrected chi connectivity index (χ0v) is 14.5. The van der Waals surface area contributed by atoms with Crippen LogP contribution in [0.5, 0.6) is 5.75 Å². The molecule has 0 aliphatic carbocycles. The van der Waals surface area contributed by atoms with Crippen molar-refractivity contribution >= 4 is 11.7 Å². The molecule has 0 unspecified atom stereocenters. The van der Waals surface area contributed by atoms with E-state index in [1.807, 2.05) is 0 Å². The van der Waals surface area contributed by atoms with Crippen LogP contribution >= 0.6 is 0 Å². The Balaban J connectivity index is 2.05. The maximum atomic E-state index is 12.8. The molecule has 1 atom stereocenters. The fraction of sp³-hybridized carbons (Fsp3) is 0.263. The first kappa shape index (κ1) is 17.8. The molecule has 0 saturated heterocycles. The quantitative estimate of drug-likeness (QED) is 0.766. The Kier molecular flexibility index (Phi) is 5.09. The number of methoxy groups -OCH3 is 2. The summed E-state index contributed by atoms with van der Waals surface area (Å²) >= 11 is 0. The molecule has 0 bridgehead atoms. The van der Waals surface area contributed by atoms with Crippen molar-refractivity contribution in [1.82, 2.24) is 4.90 Å². The number of Topliss-reactive ketones (excluding diaryl/α,β-unsaturated/α-hetero) is 1. The van der Waals surface area contributed by atoms with Gasteiger partial charge in [-0.15, -0.1) is 0 Å². The number of ether oxygens (including phenoxy) is 2. The van der Waals surface area contributed by atoms with Crippen molar-refractivity contribution in [2.75, 3.05) is 27.4 Å². The molecule has 1 aliphatic heterocycles. The molecule has 3 rings (SSSR count). The largest absolute Gasteiger partial charge is 0.503 e. The van der Waals surface area contributed by atoms with Gasteiger partial charge in [0.1, 0.15) is 5.75 Å². The van der Waals surface area contributed by atoms with Crippen LogP contribution in [0.2, 0.25) is 0 Å². The van der Waals surface area contributed by atoms with E-state index in [2.05, 4.69) is 0 Å². The molecule has 2 heterocycles. The van der Waals surface area contributed by atoms with Crippen LogP contribution in [0, 0.1) is 0 Å². The SMILES string of the molecule is COCCN1C(=O)C(O)=C(C(=O)c2ccco2)[C@@H]1c1ccc(OC)cc1. The molecule has 1 amide bonds. The summed E-state index contributed by atoms with van der Waals surface area (Å²) in [4.78, 5) is 26.8. The normalized spacial score (nSPS) is 17.1. The second kappa shape index (κ2) is 7.45. The predicted molar refractivity (Wildman–Crippen MR) is 92.0 cm³/mol. The van der Waals surface area contributed by atoms with E-state index >= 15 is 0 Å². The van der Waals surface area contributed by atoms with Crippen LogP contribution in [0.1, 0.15) is 22.2 Å². The van der Waals surface area contributed by atoms with Gasteiger partial charge in [-0.1, -0.05) is 12.1 Å². The monoisotopic (exact) mass is 357 g/mol. The first-order valence-electron chi connectivity index (χ1n) is 8.03. The third-order valence-corrected chi connectivity index (χ3v) is 4.26. The Morgan fingerprint density at radius 3 is 2.54 bits per heavy atom. The second-order valence-electron chi connectivity index (χ2n) is 5.74. The average molecular weight is 357 g/mol. The van der Waals surface area contributed by atoms with Gasteiger partial charge in [-0.3, -0.25) is 9.59 Å². The van der Waals surface area contributed by atoms with Crippen LogP contribution < -0.4 is 4.74 Å². The summed E-state index contributed by atoms with van der Waals surface area (Å²) in [6.07, 6.45) is 1.37. The van der Waals surface area contributed by atoms with Crippen LogP contribution in [0.15, 0.2) is 58.4 Å². The van der Waals surface area contributed by atoms with Gasteiger partial charge in [-0.25, -0.2) is 0 Å². The van der Waals surface area contributed by atoms with E-state index in [0.29, 0.717) is 11.3 Å². The van der Waals surface area contributed by atoms with Gasteiger partial charge in [0.25, 0.3) is 5.91 Å². The fourth-order valence-electron chi connectivity index (χ4n) is 2.98. The summed E-state index contributed by atoms with van der Waals surface area (Å²) in [5.41, 5.74) is 0.667. The number of furan rings is 1. The van der Waals surface area contributed by atoms with Crippen LogP contribution in [0.25, 0.3) is 0 Å². The summed E-state index contributed by atoms with van der Waals surface area (Å²) in [6, 6.07) is 9.32. The number of aliphatic hydroxyl groups excluding tert-OH is 1. The van der Waals surface area contributed by atoms with E-state index in [0.717, 1.165) is 0 Å². The number of amides is 1. The Morgan fingerprint density at radius 1 is 1.23 bits per heavy atom. The summed E-state index contributed by atoms with van der Waals surface area (Å²) in [5.74, 6) is -0.997. The molecule has 1 N–H and O–H groups in total. The van der Waals surface area contributed by atoms with E-state index in [-0.39, 0.29) is 24.5 Å². The van der Waals surface area contributed by atoms with Crippen molar-refractivity contribution in [3.05, 3.63) is 65.3 Å². The van der Waals surface area contributed by atoms with Crippen molar-refractivity contribution in [2.45, 2.75) is 6.04 Å². The number of carbonyl (C=O) groups excluding carboxylic acids is 2. The highest BCUT2D eigenvalue weighted by atomic mass is 16.5. The van der Waals surface area contributed by atoms with Crippen LogP contribution in [0.4, 0.5) is 0 Å². The summed E-state index contributed by atoms with van der Waals surface area (Å²) < 4.78 is 15.4. The maximum absolute atomic E-state index is 12.8. The van der Waals surface area contributed by atoms with Gasteiger partial charge in [0, 0.05) is 13.7 Å². The number of hydrogen-bond donors (Lipinski definition) is 1. The fourth-order valence-corrected chi connectivity index (χ4v) is 2.98. The van der Waals surface area contributed by atoms with Crippen molar-refractivity contribution in [1.29, 1.82) is 0 Å².